The lowest BCUT2D eigenvalue weighted by Gasteiger charge is -2.20. The molecule has 1 aromatic rings. The van der Waals surface area contributed by atoms with Gasteiger partial charge in [0.2, 0.25) is 0 Å². The van der Waals surface area contributed by atoms with Crippen molar-refractivity contribution in [3.8, 4) is 0 Å². The van der Waals surface area contributed by atoms with E-state index in [1.165, 1.54) is 4.90 Å². The molecule has 10 heteroatoms. The van der Waals surface area contributed by atoms with Gasteiger partial charge in [-0.25, -0.2) is 9.59 Å². The Morgan fingerprint density at radius 3 is 2.57 bits per heavy atom. The summed E-state index contributed by atoms with van der Waals surface area (Å²) in [6.07, 6.45) is 0.268. The largest absolute Gasteiger partial charge is 0.334 e. The zero-order chi connectivity index (χ0) is 15.2. The molecule has 1 spiro atoms. The fourth-order valence-electron chi connectivity index (χ4n) is 2.55. The minimum atomic E-state index is -1.13. The van der Waals surface area contributed by atoms with Crippen molar-refractivity contribution in [2.24, 2.45) is 0 Å². The fourth-order valence-corrected chi connectivity index (χ4v) is 2.55. The summed E-state index contributed by atoms with van der Waals surface area (Å²) in [5.74, 6) is -1.06. The van der Waals surface area contributed by atoms with Crippen LogP contribution in [0.4, 0.5) is 4.79 Å². The van der Waals surface area contributed by atoms with Crippen molar-refractivity contribution in [2.45, 2.75) is 12.0 Å². The van der Waals surface area contributed by atoms with Gasteiger partial charge in [0.25, 0.3) is 17.4 Å². The van der Waals surface area contributed by atoms with Crippen molar-refractivity contribution in [1.29, 1.82) is 0 Å². The Hall–Kier alpha value is -2.91. The topological polar surface area (TPSA) is 144 Å². The number of aromatic nitrogens is 2. The van der Waals surface area contributed by atoms with Gasteiger partial charge in [-0.15, -0.1) is 0 Å². The molecule has 2 aliphatic heterocycles. The van der Waals surface area contributed by atoms with Gasteiger partial charge in [-0.05, 0) is 6.42 Å². The molecular formula is C11H11N5O5. The van der Waals surface area contributed by atoms with Crippen molar-refractivity contribution in [2.75, 3.05) is 13.1 Å². The van der Waals surface area contributed by atoms with E-state index in [-0.39, 0.29) is 25.2 Å². The number of aromatic amines is 2. The third-order valence-corrected chi connectivity index (χ3v) is 3.56. The first-order chi connectivity index (χ1) is 9.89. The third-order valence-electron chi connectivity index (χ3n) is 3.56. The maximum atomic E-state index is 12.2. The van der Waals surface area contributed by atoms with Crippen LogP contribution >= 0.6 is 0 Å². The zero-order valence-corrected chi connectivity index (χ0v) is 10.7. The molecule has 2 saturated heterocycles. The van der Waals surface area contributed by atoms with E-state index in [9.17, 15) is 24.0 Å². The molecule has 3 heterocycles. The van der Waals surface area contributed by atoms with Crippen LogP contribution < -0.4 is 21.9 Å². The van der Waals surface area contributed by atoms with Gasteiger partial charge in [-0.1, -0.05) is 0 Å². The first-order valence-electron chi connectivity index (χ1n) is 6.16. The summed E-state index contributed by atoms with van der Waals surface area (Å²) in [6.45, 7) is 0.208. The molecule has 1 unspecified atom stereocenters. The van der Waals surface area contributed by atoms with Gasteiger partial charge < -0.3 is 15.2 Å². The molecule has 0 saturated carbocycles. The molecular weight excluding hydrogens is 282 g/mol. The smallest absolute Gasteiger partial charge is 0.326 e. The average molecular weight is 293 g/mol. The number of rotatable bonds is 1. The second-order valence-electron chi connectivity index (χ2n) is 4.97. The molecule has 0 aliphatic carbocycles. The van der Waals surface area contributed by atoms with Crippen LogP contribution in [0.15, 0.2) is 15.7 Å². The van der Waals surface area contributed by atoms with Gasteiger partial charge >= 0.3 is 11.7 Å². The number of likely N-dealkylation sites (tertiary alicyclic amines) is 1. The summed E-state index contributed by atoms with van der Waals surface area (Å²) in [7, 11) is 0. The lowest BCUT2D eigenvalue weighted by Crippen LogP contribution is -2.49. The van der Waals surface area contributed by atoms with E-state index in [1.54, 1.807) is 0 Å². The monoisotopic (exact) mass is 293 g/mol. The van der Waals surface area contributed by atoms with Crippen molar-refractivity contribution in [3.05, 3.63) is 32.6 Å². The number of nitrogens with zero attached hydrogens (tertiary/aromatic N) is 1. The van der Waals surface area contributed by atoms with Crippen LogP contribution in [0.5, 0.6) is 0 Å². The normalized spacial score (nSPS) is 24.3. The van der Waals surface area contributed by atoms with Crippen LogP contribution in [0, 0.1) is 0 Å². The highest BCUT2D eigenvalue weighted by molar-refractivity contribution is 6.08. The van der Waals surface area contributed by atoms with Gasteiger partial charge in [0, 0.05) is 12.6 Å². The number of carbonyl (C=O) groups is 3. The number of nitrogens with one attached hydrogen (secondary N) is 4. The number of hydrogen-bond donors (Lipinski definition) is 4. The average Bonchev–Trinajstić information content (AvgIpc) is 2.93. The molecule has 2 fully saturated rings. The van der Waals surface area contributed by atoms with Crippen molar-refractivity contribution in [3.63, 3.8) is 0 Å². The Balaban J connectivity index is 1.85. The number of carbonyl (C=O) groups excluding carboxylic acids is 3. The van der Waals surface area contributed by atoms with Gasteiger partial charge in [-0.3, -0.25) is 24.7 Å². The summed E-state index contributed by atoms with van der Waals surface area (Å²) >= 11 is 0. The first kappa shape index (κ1) is 13.1. The predicted molar refractivity (Wildman–Crippen MR) is 67.6 cm³/mol. The van der Waals surface area contributed by atoms with E-state index in [0.717, 1.165) is 6.07 Å². The maximum Gasteiger partial charge on any atom is 0.326 e. The number of H-pyrrole nitrogens is 2. The summed E-state index contributed by atoms with van der Waals surface area (Å²) in [6, 6.07) is 0.376. The zero-order valence-electron chi connectivity index (χ0n) is 10.7. The van der Waals surface area contributed by atoms with Crippen LogP contribution in [0.2, 0.25) is 0 Å². The Labute approximate surface area is 116 Å². The molecule has 10 nitrogen and oxygen atoms in total. The van der Waals surface area contributed by atoms with Gasteiger partial charge in [-0.2, -0.15) is 0 Å². The van der Waals surface area contributed by atoms with Gasteiger partial charge in [0.05, 0.1) is 6.54 Å². The molecule has 21 heavy (non-hydrogen) atoms. The molecule has 3 rings (SSSR count). The van der Waals surface area contributed by atoms with Crippen LogP contribution in [0.3, 0.4) is 0 Å². The maximum absolute atomic E-state index is 12.2. The molecule has 0 aromatic carbocycles. The highest BCUT2D eigenvalue weighted by Gasteiger charge is 2.51. The molecule has 2 aliphatic rings. The lowest BCUT2D eigenvalue weighted by atomic mass is 10.00. The quantitative estimate of drug-likeness (QED) is 0.423. The van der Waals surface area contributed by atoms with E-state index in [0.29, 0.717) is 0 Å². The minimum absolute atomic E-state index is 0.0156. The van der Waals surface area contributed by atoms with E-state index in [2.05, 4.69) is 15.6 Å². The van der Waals surface area contributed by atoms with Crippen LogP contribution in [-0.2, 0) is 4.79 Å². The molecule has 110 valence electrons. The van der Waals surface area contributed by atoms with Crippen LogP contribution in [-0.4, -0.2) is 51.3 Å². The van der Waals surface area contributed by atoms with Gasteiger partial charge in [0.15, 0.2) is 0 Å². The fraction of sp³-hybridized carbons (Fsp3) is 0.364. The van der Waals surface area contributed by atoms with E-state index >= 15 is 0 Å². The highest BCUT2D eigenvalue weighted by atomic mass is 16.2. The Morgan fingerprint density at radius 2 is 1.95 bits per heavy atom. The Kier molecular flexibility index (Phi) is 2.68. The molecule has 1 atom stereocenters. The molecule has 1 aromatic heterocycles. The van der Waals surface area contributed by atoms with E-state index < -0.39 is 34.6 Å². The van der Waals surface area contributed by atoms with Crippen molar-refractivity contribution < 1.29 is 14.4 Å². The minimum Gasteiger partial charge on any atom is -0.334 e. The van der Waals surface area contributed by atoms with Crippen LogP contribution in [0.1, 0.15) is 16.9 Å². The van der Waals surface area contributed by atoms with Crippen molar-refractivity contribution in [1.82, 2.24) is 25.5 Å². The van der Waals surface area contributed by atoms with Gasteiger partial charge in [0.1, 0.15) is 11.2 Å². The summed E-state index contributed by atoms with van der Waals surface area (Å²) in [5.41, 5.74) is -2.77. The number of hydrogen-bond acceptors (Lipinski definition) is 5. The summed E-state index contributed by atoms with van der Waals surface area (Å²) in [5, 5.41) is 4.63. The second kappa shape index (κ2) is 4.30. The van der Waals surface area contributed by atoms with E-state index in [1.807, 2.05) is 4.98 Å². The summed E-state index contributed by atoms with van der Waals surface area (Å²) in [4.78, 5) is 63.1. The lowest BCUT2D eigenvalue weighted by molar-refractivity contribution is -0.123. The molecule has 0 bridgehead atoms. The van der Waals surface area contributed by atoms with Crippen LogP contribution in [0.25, 0.3) is 0 Å². The third kappa shape index (κ3) is 2.10. The first-order valence-corrected chi connectivity index (χ1v) is 6.16. The number of imide groups is 1. The second-order valence-corrected chi connectivity index (χ2v) is 4.97. The highest BCUT2D eigenvalue weighted by Crippen LogP contribution is 2.25. The predicted octanol–water partition coefficient (Wildman–Crippen LogP) is -2.51. The Morgan fingerprint density at radius 1 is 1.19 bits per heavy atom. The number of amides is 4. The molecule has 4 amide bonds. The molecule has 0 radical (unpaired) electrons. The van der Waals surface area contributed by atoms with E-state index in [4.69, 9.17) is 0 Å². The molecule has 4 N–H and O–H groups in total. The SMILES string of the molecule is O=C1NC(=O)C2(CCN(C(=O)c3cc(=O)[nH]c(=O)[nH]3)C2)N1. The summed E-state index contributed by atoms with van der Waals surface area (Å²) < 4.78 is 0. The standard InChI is InChI=1S/C11H11N5O5/c17-6-3-5(12-9(20)13-6)7(18)16-2-1-11(4-16)8(19)14-10(21)15-11/h3H,1-2,4H2,(H2,12,13,17,20)(H2,14,15,19,21). The van der Waals surface area contributed by atoms with Crippen molar-refractivity contribution >= 4 is 17.8 Å². The number of urea groups is 1. The Bertz CT molecular complexity index is 737.